The number of rotatable bonds is 5. The van der Waals surface area contributed by atoms with E-state index in [0.717, 1.165) is 41.5 Å². The highest BCUT2D eigenvalue weighted by atomic mass is 32.1. The number of carbonyl (C=O) groups excluding carboxylic acids is 2. The number of amides is 1. The number of nitrogens with one attached hydrogen (secondary N) is 1. The second kappa shape index (κ2) is 8.59. The number of benzene rings is 1. The number of esters is 1. The lowest BCUT2D eigenvalue weighted by Crippen LogP contribution is -2.16. The van der Waals surface area contributed by atoms with Crippen LogP contribution < -0.4 is 5.32 Å². The topological polar surface area (TPSA) is 81.4 Å². The number of fused-ring (bicyclic) bond motifs is 2. The van der Waals surface area contributed by atoms with Crippen LogP contribution >= 0.6 is 11.3 Å². The molecule has 0 spiro atoms. The predicted octanol–water partition coefficient (Wildman–Crippen LogP) is 5.86. The molecule has 32 heavy (non-hydrogen) atoms. The van der Waals surface area contributed by atoms with Crippen LogP contribution in [0.25, 0.3) is 22.4 Å². The predicted molar refractivity (Wildman–Crippen MR) is 124 cm³/mol. The summed E-state index contributed by atoms with van der Waals surface area (Å²) in [6.45, 7) is 2.08. The van der Waals surface area contributed by atoms with Crippen LogP contribution in [0.4, 0.5) is 5.00 Å². The molecule has 0 atom stereocenters. The molecule has 1 aliphatic rings. The van der Waals surface area contributed by atoms with Crippen LogP contribution in [0.15, 0.2) is 53.1 Å². The van der Waals surface area contributed by atoms with E-state index >= 15 is 0 Å². The summed E-state index contributed by atoms with van der Waals surface area (Å²) in [6, 6.07) is 12.8. The number of furan rings is 1. The van der Waals surface area contributed by atoms with E-state index in [4.69, 9.17) is 9.15 Å². The SMILES string of the molecule is CCOC(=O)c1c(NC(=O)c2cc(-c3ccco3)nc3ccccc23)sc2c1CCCC2. The van der Waals surface area contributed by atoms with Gasteiger partial charge in [-0.25, -0.2) is 9.78 Å². The number of anilines is 1. The Balaban J connectivity index is 1.57. The molecule has 6 nitrogen and oxygen atoms in total. The molecule has 0 aliphatic heterocycles. The summed E-state index contributed by atoms with van der Waals surface area (Å²) in [5.74, 6) is -0.0813. The molecule has 162 valence electrons. The van der Waals surface area contributed by atoms with Crippen LogP contribution in [0, 0.1) is 0 Å². The molecule has 1 N–H and O–H groups in total. The van der Waals surface area contributed by atoms with Crippen molar-refractivity contribution in [3.63, 3.8) is 0 Å². The van der Waals surface area contributed by atoms with E-state index in [-0.39, 0.29) is 11.9 Å². The number of aryl methyl sites for hydroxylation is 1. The first-order valence-corrected chi connectivity index (χ1v) is 11.5. The zero-order valence-electron chi connectivity index (χ0n) is 17.6. The van der Waals surface area contributed by atoms with E-state index in [1.807, 2.05) is 30.3 Å². The lowest BCUT2D eigenvalue weighted by atomic mass is 9.95. The van der Waals surface area contributed by atoms with E-state index in [0.29, 0.717) is 39.7 Å². The lowest BCUT2D eigenvalue weighted by Gasteiger charge is -2.12. The monoisotopic (exact) mass is 446 g/mol. The van der Waals surface area contributed by atoms with Crippen LogP contribution in [0.2, 0.25) is 0 Å². The number of carbonyl (C=O) groups is 2. The van der Waals surface area contributed by atoms with Crippen molar-refractivity contribution in [3.8, 4) is 11.5 Å². The van der Waals surface area contributed by atoms with Crippen LogP contribution in [0.5, 0.6) is 0 Å². The molecule has 0 fully saturated rings. The van der Waals surface area contributed by atoms with Crippen molar-refractivity contribution in [1.82, 2.24) is 4.98 Å². The summed E-state index contributed by atoms with van der Waals surface area (Å²) in [5.41, 5.74) is 3.27. The molecule has 5 rings (SSSR count). The number of pyridine rings is 1. The minimum Gasteiger partial charge on any atom is -0.463 e. The van der Waals surface area contributed by atoms with Gasteiger partial charge in [0, 0.05) is 10.3 Å². The number of nitrogens with zero attached hydrogens (tertiary/aromatic N) is 1. The highest BCUT2D eigenvalue weighted by molar-refractivity contribution is 7.17. The van der Waals surface area contributed by atoms with Crippen molar-refractivity contribution < 1.29 is 18.7 Å². The normalized spacial score (nSPS) is 13.0. The van der Waals surface area contributed by atoms with Crippen molar-refractivity contribution in [2.45, 2.75) is 32.6 Å². The van der Waals surface area contributed by atoms with Crippen molar-refractivity contribution in [2.24, 2.45) is 0 Å². The molecule has 1 amide bonds. The van der Waals surface area contributed by atoms with E-state index in [2.05, 4.69) is 10.3 Å². The third kappa shape index (κ3) is 3.69. The number of thiophene rings is 1. The number of hydrogen-bond acceptors (Lipinski definition) is 6. The van der Waals surface area contributed by atoms with Gasteiger partial charge >= 0.3 is 5.97 Å². The van der Waals surface area contributed by atoms with Gasteiger partial charge in [-0.3, -0.25) is 4.79 Å². The summed E-state index contributed by atoms with van der Waals surface area (Å²) in [4.78, 5) is 32.0. The molecule has 4 aromatic rings. The average molecular weight is 447 g/mol. The standard InChI is InChI=1S/C25H22N2O4S/c1-2-30-25(29)22-16-9-4-6-12-21(16)32-24(22)27-23(28)17-14-19(20-11-7-13-31-20)26-18-10-5-3-8-15(17)18/h3,5,7-8,10-11,13-14H,2,4,6,9,12H2,1H3,(H,27,28). The van der Waals surface area contributed by atoms with Gasteiger partial charge in [-0.05, 0) is 62.4 Å². The van der Waals surface area contributed by atoms with Crippen LogP contribution in [-0.2, 0) is 17.6 Å². The van der Waals surface area contributed by atoms with Gasteiger partial charge in [0.25, 0.3) is 5.91 Å². The van der Waals surface area contributed by atoms with E-state index in [1.54, 1.807) is 25.3 Å². The van der Waals surface area contributed by atoms with Gasteiger partial charge in [0.2, 0.25) is 0 Å². The van der Waals surface area contributed by atoms with Crippen molar-refractivity contribution >= 4 is 39.1 Å². The first-order valence-electron chi connectivity index (χ1n) is 10.7. The van der Waals surface area contributed by atoms with Gasteiger partial charge in [-0.15, -0.1) is 11.3 Å². The third-order valence-corrected chi connectivity index (χ3v) is 6.82. The summed E-state index contributed by atoms with van der Waals surface area (Å²) in [7, 11) is 0. The minimum absolute atomic E-state index is 0.290. The Morgan fingerprint density at radius 1 is 1.16 bits per heavy atom. The van der Waals surface area contributed by atoms with Crippen molar-refractivity contribution in [2.75, 3.05) is 11.9 Å². The molecule has 3 aromatic heterocycles. The van der Waals surface area contributed by atoms with Crippen molar-refractivity contribution in [1.29, 1.82) is 0 Å². The maximum Gasteiger partial charge on any atom is 0.341 e. The van der Waals surface area contributed by atoms with Crippen molar-refractivity contribution in [3.05, 3.63) is 70.3 Å². The van der Waals surface area contributed by atoms with Crippen LogP contribution in [-0.4, -0.2) is 23.5 Å². The molecule has 0 radical (unpaired) electrons. The first kappa shape index (κ1) is 20.5. The Kier molecular flexibility index (Phi) is 5.49. The minimum atomic E-state index is -0.377. The Morgan fingerprint density at radius 3 is 2.81 bits per heavy atom. The summed E-state index contributed by atoms with van der Waals surface area (Å²) in [5, 5.41) is 4.30. The quantitative estimate of drug-likeness (QED) is 0.388. The molecular weight excluding hydrogens is 424 g/mol. The Labute approximate surface area is 189 Å². The number of aromatic nitrogens is 1. The molecule has 0 saturated carbocycles. The molecule has 7 heteroatoms. The molecule has 0 bridgehead atoms. The highest BCUT2D eigenvalue weighted by Gasteiger charge is 2.28. The summed E-state index contributed by atoms with van der Waals surface area (Å²) in [6.07, 6.45) is 5.45. The molecule has 3 heterocycles. The molecule has 1 aliphatic carbocycles. The average Bonchev–Trinajstić information content (AvgIpc) is 3.46. The molecular formula is C25H22N2O4S. The number of para-hydroxylation sites is 1. The van der Waals surface area contributed by atoms with Gasteiger partial charge in [-0.1, -0.05) is 18.2 Å². The highest BCUT2D eigenvalue weighted by Crippen LogP contribution is 2.39. The molecule has 0 unspecified atom stereocenters. The molecule has 1 aromatic carbocycles. The van der Waals surface area contributed by atoms with E-state index in [9.17, 15) is 9.59 Å². The fourth-order valence-electron chi connectivity index (χ4n) is 4.16. The van der Waals surface area contributed by atoms with Crippen LogP contribution in [0.1, 0.15) is 50.9 Å². The number of hydrogen-bond donors (Lipinski definition) is 1. The second-order valence-corrected chi connectivity index (χ2v) is 8.74. The third-order valence-electron chi connectivity index (χ3n) is 5.61. The van der Waals surface area contributed by atoms with E-state index in [1.165, 1.54) is 11.3 Å². The van der Waals surface area contributed by atoms with Gasteiger partial charge in [0.05, 0.1) is 29.5 Å². The maximum absolute atomic E-state index is 13.5. The Hall–Kier alpha value is -3.45. The zero-order chi connectivity index (χ0) is 22.1. The smallest absolute Gasteiger partial charge is 0.341 e. The summed E-state index contributed by atoms with van der Waals surface area (Å²) < 4.78 is 10.8. The van der Waals surface area contributed by atoms with Gasteiger partial charge < -0.3 is 14.5 Å². The second-order valence-electron chi connectivity index (χ2n) is 7.64. The van der Waals surface area contributed by atoms with Gasteiger partial charge in [0.1, 0.15) is 10.7 Å². The Bertz CT molecular complexity index is 1310. The lowest BCUT2D eigenvalue weighted by molar-refractivity contribution is 0.0526. The fourth-order valence-corrected chi connectivity index (χ4v) is 5.43. The zero-order valence-corrected chi connectivity index (χ0v) is 18.5. The summed E-state index contributed by atoms with van der Waals surface area (Å²) >= 11 is 1.48. The maximum atomic E-state index is 13.5. The first-order chi connectivity index (χ1) is 15.7. The van der Waals surface area contributed by atoms with Gasteiger partial charge in [-0.2, -0.15) is 0 Å². The van der Waals surface area contributed by atoms with Crippen LogP contribution in [0.3, 0.4) is 0 Å². The van der Waals surface area contributed by atoms with E-state index < -0.39 is 0 Å². The molecule has 0 saturated heterocycles. The largest absolute Gasteiger partial charge is 0.463 e. The Morgan fingerprint density at radius 2 is 2.00 bits per heavy atom. The number of ether oxygens (including phenoxy) is 1. The fraction of sp³-hybridized carbons (Fsp3) is 0.240. The van der Waals surface area contributed by atoms with Gasteiger partial charge in [0.15, 0.2) is 5.76 Å².